The maximum Gasteiger partial charge on any atom is 0.109 e. The van der Waals surface area contributed by atoms with Crippen molar-refractivity contribution in [3.05, 3.63) is 29.6 Å². The summed E-state index contributed by atoms with van der Waals surface area (Å²) in [6.45, 7) is 2.15. The van der Waals surface area contributed by atoms with Crippen LogP contribution in [0.1, 0.15) is 37.1 Å². The molecule has 1 saturated carbocycles. The van der Waals surface area contributed by atoms with Gasteiger partial charge in [0.25, 0.3) is 0 Å². The minimum atomic E-state index is 0.411. The lowest BCUT2D eigenvalue weighted by atomic mass is 9.76. The summed E-state index contributed by atoms with van der Waals surface area (Å²) in [6.07, 6.45) is 3.24. The first-order valence-corrected chi connectivity index (χ1v) is 6.40. The highest BCUT2D eigenvalue weighted by molar-refractivity contribution is 5.77. The Morgan fingerprint density at radius 3 is 2.82 bits per heavy atom. The van der Waals surface area contributed by atoms with E-state index in [1.807, 2.05) is 0 Å². The van der Waals surface area contributed by atoms with Crippen LogP contribution < -0.4 is 5.73 Å². The molecule has 0 saturated heterocycles. The minimum Gasteiger partial charge on any atom is -0.331 e. The van der Waals surface area contributed by atoms with Crippen molar-refractivity contribution in [3.8, 4) is 0 Å². The third kappa shape index (κ3) is 1.65. The van der Waals surface area contributed by atoms with Crippen molar-refractivity contribution in [2.24, 2.45) is 12.8 Å². The number of hydrogen-bond acceptors (Lipinski definition) is 2. The van der Waals surface area contributed by atoms with Gasteiger partial charge in [-0.1, -0.05) is 13.0 Å². The third-order valence-electron chi connectivity index (χ3n) is 3.96. The summed E-state index contributed by atoms with van der Waals surface area (Å²) in [4.78, 5) is 4.63. The lowest BCUT2D eigenvalue weighted by molar-refractivity contribution is 0.351. The van der Waals surface area contributed by atoms with Crippen molar-refractivity contribution in [1.29, 1.82) is 0 Å². The molecule has 1 aliphatic carbocycles. The number of aryl methyl sites for hydroxylation is 2. The normalized spacial score (nSPS) is 23.9. The van der Waals surface area contributed by atoms with Crippen molar-refractivity contribution < 1.29 is 0 Å². The van der Waals surface area contributed by atoms with E-state index in [-0.39, 0.29) is 0 Å². The number of aromatic nitrogens is 2. The number of rotatable bonds is 2. The molecule has 0 spiro atoms. The van der Waals surface area contributed by atoms with Crippen molar-refractivity contribution in [1.82, 2.24) is 9.55 Å². The van der Waals surface area contributed by atoms with Gasteiger partial charge in [0, 0.05) is 19.5 Å². The number of nitrogens with zero attached hydrogens (tertiary/aromatic N) is 2. The average Bonchev–Trinajstić information content (AvgIpc) is 2.62. The highest BCUT2D eigenvalue weighted by Crippen LogP contribution is 2.36. The van der Waals surface area contributed by atoms with E-state index in [0.29, 0.717) is 12.0 Å². The Labute approximate surface area is 102 Å². The fourth-order valence-corrected chi connectivity index (χ4v) is 2.76. The number of imidazole rings is 1. The highest BCUT2D eigenvalue weighted by atomic mass is 15.1. The minimum absolute atomic E-state index is 0.411. The van der Waals surface area contributed by atoms with Gasteiger partial charge in [0.2, 0.25) is 0 Å². The van der Waals surface area contributed by atoms with Crippen LogP contribution in [0.3, 0.4) is 0 Å². The van der Waals surface area contributed by atoms with Crippen LogP contribution in [0.25, 0.3) is 11.0 Å². The Hall–Kier alpha value is -1.35. The zero-order valence-corrected chi connectivity index (χ0v) is 10.5. The van der Waals surface area contributed by atoms with Gasteiger partial charge in [-0.25, -0.2) is 4.98 Å². The van der Waals surface area contributed by atoms with Gasteiger partial charge in [-0.2, -0.15) is 0 Å². The quantitative estimate of drug-likeness (QED) is 0.859. The standard InChI is InChI=1S/C14H19N3/c1-3-14-16-12-5-4-9(8-13(12)17(14)2)10-6-11(15)7-10/h4-5,8,10-11H,3,6-7,15H2,1-2H3. The van der Waals surface area contributed by atoms with E-state index in [9.17, 15) is 0 Å². The van der Waals surface area contributed by atoms with Crippen LogP contribution >= 0.6 is 0 Å². The molecule has 1 aromatic carbocycles. The molecule has 3 nitrogen and oxygen atoms in total. The van der Waals surface area contributed by atoms with E-state index in [0.717, 1.165) is 30.6 Å². The number of fused-ring (bicyclic) bond motifs is 1. The van der Waals surface area contributed by atoms with Gasteiger partial charge in [-0.3, -0.25) is 0 Å². The maximum absolute atomic E-state index is 5.86. The highest BCUT2D eigenvalue weighted by Gasteiger charge is 2.27. The number of benzene rings is 1. The van der Waals surface area contributed by atoms with Crippen molar-refractivity contribution >= 4 is 11.0 Å². The second-order valence-electron chi connectivity index (χ2n) is 5.12. The molecule has 2 N–H and O–H groups in total. The smallest absolute Gasteiger partial charge is 0.109 e. The Kier molecular flexibility index (Phi) is 2.44. The molecule has 3 heteroatoms. The molecular weight excluding hydrogens is 210 g/mol. The second-order valence-corrected chi connectivity index (χ2v) is 5.12. The predicted octanol–water partition coefficient (Wildman–Crippen LogP) is 2.34. The van der Waals surface area contributed by atoms with E-state index in [1.54, 1.807) is 0 Å². The van der Waals surface area contributed by atoms with Gasteiger partial charge in [-0.05, 0) is 36.5 Å². The Morgan fingerprint density at radius 2 is 2.18 bits per heavy atom. The summed E-state index contributed by atoms with van der Waals surface area (Å²) in [7, 11) is 2.10. The zero-order chi connectivity index (χ0) is 12.0. The Balaban J connectivity index is 2.03. The molecule has 1 aromatic heterocycles. The van der Waals surface area contributed by atoms with Gasteiger partial charge in [-0.15, -0.1) is 0 Å². The van der Waals surface area contributed by atoms with Gasteiger partial charge in [0.15, 0.2) is 0 Å². The van der Waals surface area contributed by atoms with Crippen molar-refractivity contribution in [2.75, 3.05) is 0 Å². The van der Waals surface area contributed by atoms with E-state index in [2.05, 4.69) is 41.7 Å². The van der Waals surface area contributed by atoms with E-state index in [1.165, 1.54) is 11.1 Å². The predicted molar refractivity (Wildman–Crippen MR) is 70.0 cm³/mol. The van der Waals surface area contributed by atoms with Crippen LogP contribution in [0, 0.1) is 0 Å². The molecule has 1 fully saturated rings. The molecule has 90 valence electrons. The van der Waals surface area contributed by atoms with Gasteiger partial charge in [0.05, 0.1) is 11.0 Å². The van der Waals surface area contributed by atoms with Gasteiger partial charge in [0.1, 0.15) is 5.82 Å². The van der Waals surface area contributed by atoms with Crippen LogP contribution in [0.2, 0.25) is 0 Å². The number of hydrogen-bond donors (Lipinski definition) is 1. The molecule has 0 amide bonds. The topological polar surface area (TPSA) is 43.8 Å². The maximum atomic E-state index is 5.86. The number of nitrogens with two attached hydrogens (primary N) is 1. The lowest BCUT2D eigenvalue weighted by Crippen LogP contribution is -2.34. The van der Waals surface area contributed by atoms with Crippen molar-refractivity contribution in [3.63, 3.8) is 0 Å². The first kappa shape index (κ1) is 10.8. The van der Waals surface area contributed by atoms with Crippen LogP contribution in [-0.2, 0) is 13.5 Å². The summed E-state index contributed by atoms with van der Waals surface area (Å²) in [6, 6.07) is 7.06. The monoisotopic (exact) mass is 229 g/mol. The molecule has 17 heavy (non-hydrogen) atoms. The summed E-state index contributed by atoms with van der Waals surface area (Å²) >= 11 is 0. The SMILES string of the molecule is CCc1nc2ccc(C3CC(N)C3)cc2n1C. The van der Waals surface area contributed by atoms with E-state index >= 15 is 0 Å². The molecule has 1 heterocycles. The summed E-state index contributed by atoms with van der Waals surface area (Å²) in [5.74, 6) is 1.82. The van der Waals surface area contributed by atoms with Crippen LogP contribution in [0.4, 0.5) is 0 Å². The van der Waals surface area contributed by atoms with E-state index < -0.39 is 0 Å². The van der Waals surface area contributed by atoms with Crippen LogP contribution in [0.15, 0.2) is 18.2 Å². The molecule has 1 aliphatic rings. The van der Waals surface area contributed by atoms with E-state index in [4.69, 9.17) is 5.73 Å². The van der Waals surface area contributed by atoms with Crippen molar-refractivity contribution in [2.45, 2.75) is 38.1 Å². The second kappa shape index (κ2) is 3.84. The average molecular weight is 229 g/mol. The summed E-state index contributed by atoms with van der Waals surface area (Å²) < 4.78 is 2.21. The van der Waals surface area contributed by atoms with Gasteiger partial charge < -0.3 is 10.3 Å². The molecule has 0 bridgehead atoms. The first-order chi connectivity index (χ1) is 8.19. The van der Waals surface area contributed by atoms with Crippen LogP contribution in [-0.4, -0.2) is 15.6 Å². The molecular formula is C14H19N3. The fraction of sp³-hybridized carbons (Fsp3) is 0.500. The molecule has 0 unspecified atom stereocenters. The molecule has 0 radical (unpaired) electrons. The summed E-state index contributed by atoms with van der Waals surface area (Å²) in [5.41, 5.74) is 9.64. The largest absolute Gasteiger partial charge is 0.331 e. The molecule has 0 aliphatic heterocycles. The third-order valence-corrected chi connectivity index (χ3v) is 3.96. The summed E-state index contributed by atoms with van der Waals surface area (Å²) in [5, 5.41) is 0. The molecule has 0 atom stereocenters. The lowest BCUT2D eigenvalue weighted by Gasteiger charge is -2.32. The molecule has 2 aromatic rings. The zero-order valence-electron chi connectivity index (χ0n) is 10.5. The Bertz CT molecular complexity index is 550. The first-order valence-electron chi connectivity index (χ1n) is 6.40. The van der Waals surface area contributed by atoms with Crippen LogP contribution in [0.5, 0.6) is 0 Å². The fourth-order valence-electron chi connectivity index (χ4n) is 2.76. The Morgan fingerprint density at radius 1 is 1.41 bits per heavy atom. The molecule has 3 rings (SSSR count). The van der Waals surface area contributed by atoms with Gasteiger partial charge >= 0.3 is 0 Å².